The Kier molecular flexibility index (Phi) is 19.4. The number of hydrogen-bond acceptors (Lipinski definition) is 0. The van der Waals surface area contributed by atoms with Crippen LogP contribution in [0.3, 0.4) is 0 Å². The molecule has 0 aliphatic rings. The predicted molar refractivity (Wildman–Crippen MR) is 73.8 cm³/mol. The van der Waals surface area contributed by atoms with Gasteiger partial charge < -0.3 is 0 Å². The number of hydrogen-bond donors (Lipinski definition) is 0. The molecule has 94 valence electrons. The van der Waals surface area contributed by atoms with Gasteiger partial charge in [-0.25, -0.2) is 0 Å². The highest BCUT2D eigenvalue weighted by Gasteiger charge is 1.92. The summed E-state index contributed by atoms with van der Waals surface area (Å²) < 4.78 is 11.7. The second kappa shape index (κ2) is 16.6. The molecule has 0 atom stereocenters. The zero-order valence-electron chi connectivity index (χ0n) is 9.86. The van der Waals surface area contributed by atoms with Crippen molar-refractivity contribution in [1.29, 1.82) is 0 Å². The molecule has 0 unspecified atom stereocenters. The van der Waals surface area contributed by atoms with Gasteiger partial charge in [0.2, 0.25) is 0 Å². The minimum Gasteiger partial charge on any atom is -0.251 e. The fraction of sp³-hybridized carbons (Fsp3) is 1.00. The van der Waals surface area contributed by atoms with Crippen molar-refractivity contribution in [1.82, 2.24) is 0 Å². The van der Waals surface area contributed by atoms with E-state index in [1.54, 1.807) is 0 Å². The normalized spacial score (nSPS) is 10.0. The van der Waals surface area contributed by atoms with E-state index in [1.165, 1.54) is 57.8 Å². The lowest BCUT2D eigenvalue weighted by molar-refractivity contribution is 0.449. The molecule has 0 nitrogen and oxygen atoms in total. The van der Waals surface area contributed by atoms with Gasteiger partial charge in [0.05, 0.1) is 6.67 Å². The number of alkyl halides is 1. The second-order valence-electron chi connectivity index (χ2n) is 4.22. The molecule has 0 aromatic rings. The highest BCUT2D eigenvalue weighted by Crippen LogP contribution is 2.11. The third-order valence-corrected chi connectivity index (χ3v) is 2.74. The zero-order valence-corrected chi connectivity index (χ0v) is 9.86. The Balaban J connectivity index is 0. The summed E-state index contributed by atoms with van der Waals surface area (Å²) in [4.78, 5) is 0. The van der Waals surface area contributed by atoms with E-state index in [0.29, 0.717) is 0 Å². The van der Waals surface area contributed by atoms with Crippen molar-refractivity contribution in [2.75, 3.05) is 6.67 Å². The van der Waals surface area contributed by atoms with Crippen LogP contribution in [0.5, 0.6) is 0 Å². The van der Waals surface area contributed by atoms with Crippen LogP contribution in [0.1, 0.15) is 77.6 Å². The Morgan fingerprint density at radius 2 is 0.933 bits per heavy atom. The monoisotopic (exact) mass is 234 g/mol. The molecule has 0 aromatic heterocycles. The summed E-state index contributed by atoms with van der Waals surface area (Å²) in [6.07, 6.45) is 14.1. The maximum absolute atomic E-state index is 11.7. The summed E-state index contributed by atoms with van der Waals surface area (Å²) in [5, 5.41) is 0. The topological polar surface area (TPSA) is 0 Å². The van der Waals surface area contributed by atoms with Gasteiger partial charge in [-0.05, 0) is 17.4 Å². The lowest BCUT2D eigenvalue weighted by Crippen LogP contribution is -1.82. The van der Waals surface area contributed by atoms with E-state index < -0.39 is 0 Å². The molecule has 0 aliphatic heterocycles. The number of unbranched alkanes of at least 4 members (excludes halogenated alkanes) is 10. The molecule has 0 amide bonds. The van der Waals surface area contributed by atoms with E-state index >= 15 is 0 Å². The van der Waals surface area contributed by atoms with E-state index in [4.69, 9.17) is 0 Å². The van der Waals surface area contributed by atoms with Gasteiger partial charge in [0.15, 0.2) is 0 Å². The summed E-state index contributed by atoms with van der Waals surface area (Å²) >= 11 is 0. The van der Waals surface area contributed by atoms with Gasteiger partial charge in [0.25, 0.3) is 0 Å². The van der Waals surface area contributed by atoms with E-state index in [1.807, 2.05) is 0 Å². The lowest BCUT2D eigenvalue weighted by Gasteiger charge is -2.01. The van der Waals surface area contributed by atoms with Gasteiger partial charge in [0.1, 0.15) is 0 Å². The summed E-state index contributed by atoms with van der Waals surface area (Å²) in [6.45, 7) is 2.13. The Labute approximate surface area is 100 Å². The van der Waals surface area contributed by atoms with Crippen molar-refractivity contribution in [3.05, 3.63) is 0 Å². The highest BCUT2D eigenvalue weighted by molar-refractivity contribution is 5.75. The SMILES string of the molecule is CCCCCCCCCCCCCF.[SiH4]. The maximum atomic E-state index is 11.7. The first kappa shape index (κ1) is 17.5. The third kappa shape index (κ3) is 16.8. The summed E-state index contributed by atoms with van der Waals surface area (Å²) in [6, 6.07) is 0. The Hall–Kier alpha value is 0.147. The Morgan fingerprint density at radius 3 is 1.27 bits per heavy atom. The lowest BCUT2D eigenvalue weighted by atomic mass is 10.1. The van der Waals surface area contributed by atoms with Crippen LogP contribution >= 0.6 is 0 Å². The van der Waals surface area contributed by atoms with Crippen LogP contribution in [-0.2, 0) is 0 Å². The highest BCUT2D eigenvalue weighted by atomic mass is 28.1. The van der Waals surface area contributed by atoms with E-state index in [9.17, 15) is 4.39 Å². The average molecular weight is 234 g/mol. The molecular formula is C13H31FSi. The minimum absolute atomic E-state index is 0. The standard InChI is InChI=1S/C13H27F.H4Si/c1-2-3-4-5-6-7-8-9-10-11-12-13-14;/h2-13H2,1H3;1H4. The van der Waals surface area contributed by atoms with Crippen LogP contribution in [0, 0.1) is 0 Å². The van der Waals surface area contributed by atoms with Crippen molar-refractivity contribution in [2.45, 2.75) is 77.6 Å². The summed E-state index contributed by atoms with van der Waals surface area (Å²) in [5.41, 5.74) is 0. The molecule has 0 aromatic carbocycles. The second-order valence-corrected chi connectivity index (χ2v) is 4.22. The Bertz CT molecular complexity index is 84.5. The van der Waals surface area contributed by atoms with Crippen molar-refractivity contribution >= 4 is 11.0 Å². The van der Waals surface area contributed by atoms with Crippen LogP contribution < -0.4 is 0 Å². The molecule has 0 fully saturated rings. The number of rotatable bonds is 11. The zero-order chi connectivity index (χ0) is 10.5. The third-order valence-electron chi connectivity index (χ3n) is 2.74. The molecule has 0 aliphatic carbocycles. The molecule has 0 saturated heterocycles. The van der Waals surface area contributed by atoms with E-state index in [-0.39, 0.29) is 17.6 Å². The first-order valence-electron chi connectivity index (χ1n) is 6.47. The smallest absolute Gasteiger partial charge is 0.0894 e. The maximum Gasteiger partial charge on any atom is 0.0894 e. The minimum atomic E-state index is -0.128. The van der Waals surface area contributed by atoms with Gasteiger partial charge in [0, 0.05) is 0 Å². The fourth-order valence-corrected chi connectivity index (χ4v) is 1.76. The molecule has 0 rings (SSSR count). The fourth-order valence-electron chi connectivity index (χ4n) is 1.76. The first-order chi connectivity index (χ1) is 6.91. The molecule has 2 heteroatoms. The van der Waals surface area contributed by atoms with Gasteiger partial charge in [-0.3, -0.25) is 4.39 Å². The van der Waals surface area contributed by atoms with Crippen molar-refractivity contribution in [3.63, 3.8) is 0 Å². The molecule has 0 radical (unpaired) electrons. The van der Waals surface area contributed by atoms with E-state index in [2.05, 4.69) is 6.92 Å². The summed E-state index contributed by atoms with van der Waals surface area (Å²) in [5.74, 6) is 0. The van der Waals surface area contributed by atoms with Crippen LogP contribution in [0.15, 0.2) is 0 Å². The van der Waals surface area contributed by atoms with Crippen LogP contribution in [0.25, 0.3) is 0 Å². The van der Waals surface area contributed by atoms with Crippen LogP contribution in [-0.4, -0.2) is 17.6 Å². The number of halogens is 1. The van der Waals surface area contributed by atoms with Crippen molar-refractivity contribution in [3.8, 4) is 0 Å². The van der Waals surface area contributed by atoms with Gasteiger partial charge in [-0.1, -0.05) is 71.1 Å². The molecule has 0 bridgehead atoms. The van der Waals surface area contributed by atoms with E-state index in [0.717, 1.165) is 12.8 Å². The molecule has 0 saturated carbocycles. The Morgan fingerprint density at radius 1 is 0.600 bits per heavy atom. The molecular weight excluding hydrogens is 203 g/mol. The average Bonchev–Trinajstić information content (AvgIpc) is 2.21. The largest absolute Gasteiger partial charge is 0.251 e. The predicted octanol–water partition coefficient (Wildman–Crippen LogP) is 3.82. The van der Waals surface area contributed by atoms with Crippen LogP contribution in [0.2, 0.25) is 0 Å². The molecule has 0 N–H and O–H groups in total. The van der Waals surface area contributed by atoms with Gasteiger partial charge >= 0.3 is 0 Å². The molecule has 0 spiro atoms. The van der Waals surface area contributed by atoms with Gasteiger partial charge in [-0.2, -0.15) is 0 Å². The molecule has 0 heterocycles. The first-order valence-corrected chi connectivity index (χ1v) is 6.47. The quantitative estimate of drug-likeness (QED) is 0.377. The van der Waals surface area contributed by atoms with Crippen LogP contribution in [0.4, 0.5) is 4.39 Å². The van der Waals surface area contributed by atoms with Gasteiger partial charge in [-0.15, -0.1) is 0 Å². The molecule has 15 heavy (non-hydrogen) atoms. The summed E-state index contributed by atoms with van der Waals surface area (Å²) in [7, 11) is 0. The van der Waals surface area contributed by atoms with Crippen molar-refractivity contribution in [2.24, 2.45) is 0 Å². The van der Waals surface area contributed by atoms with Crippen molar-refractivity contribution < 1.29 is 4.39 Å².